The molecule has 0 amide bonds. The first-order chi connectivity index (χ1) is 8.58. The second-order valence-corrected chi connectivity index (χ2v) is 6.83. The van der Waals surface area contributed by atoms with E-state index >= 15 is 0 Å². The van der Waals surface area contributed by atoms with Gasteiger partial charge in [0.25, 0.3) is 0 Å². The lowest BCUT2D eigenvalue weighted by molar-refractivity contribution is 0.508. The minimum absolute atomic E-state index is 0.0843. The van der Waals surface area contributed by atoms with Gasteiger partial charge in [-0.3, -0.25) is 0 Å². The summed E-state index contributed by atoms with van der Waals surface area (Å²) in [6.45, 7) is 6.32. The third-order valence-corrected chi connectivity index (χ3v) is 3.12. The lowest BCUT2D eigenvalue weighted by Gasteiger charge is -2.20. The van der Waals surface area contributed by atoms with Gasteiger partial charge in [-0.15, -0.1) is 0 Å². The van der Waals surface area contributed by atoms with E-state index in [0.717, 1.165) is 5.56 Å². The monoisotopic (exact) mass is 284 g/mol. The van der Waals surface area contributed by atoms with E-state index in [9.17, 15) is 8.42 Å². The van der Waals surface area contributed by atoms with E-state index in [1.165, 1.54) is 12.1 Å². The van der Waals surface area contributed by atoms with Gasteiger partial charge in [-0.2, -0.15) is 0 Å². The molecule has 0 fully saturated rings. The number of primary sulfonamides is 1. The van der Waals surface area contributed by atoms with Crippen molar-refractivity contribution < 1.29 is 8.42 Å². The highest BCUT2D eigenvalue weighted by Gasteiger charge is 2.10. The molecule has 1 rings (SSSR count). The van der Waals surface area contributed by atoms with Crippen molar-refractivity contribution in [3.8, 4) is 0 Å². The highest BCUT2D eigenvalue weighted by atomic mass is 32.2. The Kier molecular flexibility index (Phi) is 4.54. The molecule has 0 aromatic heterocycles. The lowest BCUT2D eigenvalue weighted by Crippen LogP contribution is -2.44. The fraction of sp³-hybridized carbons (Fsp3) is 0.417. The van der Waals surface area contributed by atoms with Crippen LogP contribution in [0, 0.1) is 0 Å². The number of benzene rings is 1. The molecule has 1 aromatic rings. The summed E-state index contributed by atoms with van der Waals surface area (Å²) in [7, 11) is -3.65. The number of nitrogens with zero attached hydrogens (tertiary/aromatic N) is 1. The largest absolute Gasteiger partial charge is 0.370 e. The van der Waals surface area contributed by atoms with Gasteiger partial charge < -0.3 is 11.1 Å². The predicted octanol–water partition coefficient (Wildman–Crippen LogP) is 0.537. The Morgan fingerprint density at radius 3 is 2.21 bits per heavy atom. The molecule has 7 heteroatoms. The summed E-state index contributed by atoms with van der Waals surface area (Å²) in [5.74, 6) is 0.350. The molecule has 0 spiro atoms. The number of nitrogens with one attached hydrogen (secondary N) is 1. The zero-order chi connectivity index (χ0) is 14.7. The van der Waals surface area contributed by atoms with Crippen LogP contribution in [-0.2, 0) is 16.6 Å². The van der Waals surface area contributed by atoms with Gasteiger partial charge >= 0.3 is 0 Å². The third kappa shape index (κ3) is 5.71. The van der Waals surface area contributed by atoms with Gasteiger partial charge in [-0.25, -0.2) is 18.5 Å². The molecule has 1 aromatic carbocycles. The molecule has 0 aliphatic carbocycles. The lowest BCUT2D eigenvalue weighted by atomic mass is 10.1. The third-order valence-electron chi connectivity index (χ3n) is 2.19. The normalized spacial score (nSPS) is 13.4. The van der Waals surface area contributed by atoms with Crippen molar-refractivity contribution in [1.82, 2.24) is 5.32 Å². The Bertz CT molecular complexity index is 556. The van der Waals surface area contributed by atoms with Crippen molar-refractivity contribution in [2.75, 3.05) is 0 Å². The maximum atomic E-state index is 11.1. The molecule has 106 valence electrons. The van der Waals surface area contributed by atoms with E-state index < -0.39 is 10.0 Å². The molecular formula is C12H20N4O2S. The Hall–Kier alpha value is -1.60. The molecule has 0 radical (unpaired) electrons. The maximum absolute atomic E-state index is 11.1. The smallest absolute Gasteiger partial charge is 0.238 e. The van der Waals surface area contributed by atoms with Crippen LogP contribution in [0.25, 0.3) is 0 Å². The summed E-state index contributed by atoms with van der Waals surface area (Å²) in [6.07, 6.45) is 0. The molecule has 0 aliphatic heterocycles. The van der Waals surface area contributed by atoms with Crippen LogP contribution in [0.4, 0.5) is 0 Å². The Balaban J connectivity index is 2.72. The van der Waals surface area contributed by atoms with Crippen LogP contribution < -0.4 is 16.2 Å². The van der Waals surface area contributed by atoms with E-state index in [4.69, 9.17) is 10.9 Å². The average Bonchev–Trinajstić information content (AvgIpc) is 2.23. The van der Waals surface area contributed by atoms with Crippen molar-refractivity contribution in [2.45, 2.75) is 37.8 Å². The van der Waals surface area contributed by atoms with Crippen molar-refractivity contribution in [2.24, 2.45) is 15.9 Å². The molecule has 0 bridgehead atoms. The number of guanidine groups is 1. The zero-order valence-corrected chi connectivity index (χ0v) is 12.2. The van der Waals surface area contributed by atoms with Gasteiger partial charge in [0, 0.05) is 5.54 Å². The first-order valence-corrected chi connectivity index (χ1v) is 7.32. The van der Waals surface area contributed by atoms with Crippen LogP contribution in [0.1, 0.15) is 26.3 Å². The highest BCUT2D eigenvalue weighted by molar-refractivity contribution is 7.89. The molecular weight excluding hydrogens is 264 g/mol. The minimum Gasteiger partial charge on any atom is -0.370 e. The number of hydrogen-bond acceptors (Lipinski definition) is 3. The van der Waals surface area contributed by atoms with Crippen LogP contribution in [0.15, 0.2) is 34.2 Å². The zero-order valence-electron chi connectivity index (χ0n) is 11.3. The van der Waals surface area contributed by atoms with Crippen LogP contribution in [0.3, 0.4) is 0 Å². The summed E-state index contributed by atoms with van der Waals surface area (Å²) >= 11 is 0. The number of sulfonamides is 1. The first-order valence-electron chi connectivity index (χ1n) is 5.78. The Morgan fingerprint density at radius 1 is 1.26 bits per heavy atom. The summed E-state index contributed by atoms with van der Waals surface area (Å²) in [4.78, 5) is 4.26. The number of aliphatic imine (C=N–C) groups is 1. The van der Waals surface area contributed by atoms with Crippen LogP contribution in [-0.4, -0.2) is 19.9 Å². The Labute approximate surface area is 114 Å². The van der Waals surface area contributed by atoms with E-state index in [-0.39, 0.29) is 10.4 Å². The van der Waals surface area contributed by atoms with E-state index in [1.54, 1.807) is 12.1 Å². The average molecular weight is 284 g/mol. The van der Waals surface area contributed by atoms with Crippen molar-refractivity contribution in [1.29, 1.82) is 0 Å². The van der Waals surface area contributed by atoms with Gasteiger partial charge in [0.15, 0.2) is 5.96 Å². The van der Waals surface area contributed by atoms with Crippen LogP contribution >= 0.6 is 0 Å². The summed E-state index contributed by atoms with van der Waals surface area (Å²) in [5, 5.41) is 8.05. The van der Waals surface area contributed by atoms with Gasteiger partial charge in [0.05, 0.1) is 11.4 Å². The second-order valence-electron chi connectivity index (χ2n) is 5.27. The number of nitrogens with two attached hydrogens (primary N) is 2. The molecule has 6 nitrogen and oxygen atoms in total. The summed E-state index contributed by atoms with van der Waals surface area (Å²) in [5.41, 5.74) is 6.43. The van der Waals surface area contributed by atoms with Gasteiger partial charge in [0.2, 0.25) is 10.0 Å². The fourth-order valence-electron chi connectivity index (χ4n) is 1.38. The van der Waals surface area contributed by atoms with Crippen LogP contribution in [0.2, 0.25) is 0 Å². The van der Waals surface area contributed by atoms with Crippen molar-refractivity contribution in [3.63, 3.8) is 0 Å². The highest BCUT2D eigenvalue weighted by Crippen LogP contribution is 2.09. The van der Waals surface area contributed by atoms with Crippen molar-refractivity contribution >= 4 is 16.0 Å². The standard InChI is InChI=1S/C12H20N4O2S/c1-12(2,3)16-11(13)15-8-9-4-6-10(7-5-9)19(14,17)18/h4-7H,8H2,1-3H3,(H3,13,15,16)(H2,14,17,18). The fourth-order valence-corrected chi connectivity index (χ4v) is 1.90. The van der Waals surface area contributed by atoms with E-state index in [0.29, 0.717) is 12.5 Å². The SMILES string of the molecule is CC(C)(C)NC(N)=NCc1ccc(S(N)(=O)=O)cc1. The topological polar surface area (TPSA) is 111 Å². The molecule has 0 aliphatic rings. The Morgan fingerprint density at radius 2 is 1.79 bits per heavy atom. The maximum Gasteiger partial charge on any atom is 0.238 e. The quantitative estimate of drug-likeness (QED) is 0.555. The summed E-state index contributed by atoms with van der Waals surface area (Å²) in [6, 6.07) is 6.22. The minimum atomic E-state index is -3.65. The van der Waals surface area contributed by atoms with Gasteiger partial charge in [-0.05, 0) is 38.5 Å². The van der Waals surface area contributed by atoms with Gasteiger partial charge in [-0.1, -0.05) is 12.1 Å². The molecule has 0 atom stereocenters. The molecule has 5 N–H and O–H groups in total. The number of rotatable bonds is 3. The van der Waals surface area contributed by atoms with E-state index in [1.807, 2.05) is 20.8 Å². The summed E-state index contributed by atoms with van der Waals surface area (Å²) < 4.78 is 22.2. The molecule has 0 saturated heterocycles. The number of hydrogen-bond donors (Lipinski definition) is 3. The van der Waals surface area contributed by atoms with Crippen molar-refractivity contribution in [3.05, 3.63) is 29.8 Å². The second kappa shape index (κ2) is 5.58. The predicted molar refractivity (Wildman–Crippen MR) is 76.0 cm³/mol. The molecule has 0 unspecified atom stereocenters. The van der Waals surface area contributed by atoms with E-state index in [2.05, 4.69) is 10.3 Å². The molecule has 0 saturated carbocycles. The first kappa shape index (κ1) is 15.5. The molecule has 19 heavy (non-hydrogen) atoms. The van der Waals surface area contributed by atoms with Gasteiger partial charge in [0.1, 0.15) is 0 Å². The van der Waals surface area contributed by atoms with Crippen LogP contribution in [0.5, 0.6) is 0 Å². The molecule has 0 heterocycles.